The summed E-state index contributed by atoms with van der Waals surface area (Å²) in [6.07, 6.45) is 6.56. The van der Waals surface area contributed by atoms with Gasteiger partial charge in [-0.05, 0) is 31.4 Å². The van der Waals surface area contributed by atoms with Gasteiger partial charge in [-0.3, -0.25) is 10.1 Å². The first-order valence-electron chi connectivity index (χ1n) is 8.79. The number of nitrogens with one attached hydrogen (secondary N) is 1. The molecule has 3 aromatic rings. The van der Waals surface area contributed by atoms with E-state index in [1.54, 1.807) is 23.6 Å². The Hall–Kier alpha value is -2.58. The highest BCUT2D eigenvalue weighted by molar-refractivity contribution is 7.14. The van der Waals surface area contributed by atoms with Crippen molar-refractivity contribution in [2.24, 2.45) is 0 Å². The number of rotatable bonds is 4. The molecule has 6 nitrogen and oxygen atoms in total. The Morgan fingerprint density at radius 1 is 1.11 bits per heavy atom. The van der Waals surface area contributed by atoms with Crippen molar-refractivity contribution in [3.8, 4) is 11.3 Å². The Morgan fingerprint density at radius 2 is 1.82 bits per heavy atom. The van der Waals surface area contributed by atoms with Gasteiger partial charge in [-0.25, -0.2) is 19.3 Å². The SMILES string of the molecule is Cl.O=C(Nc1nc(-c2ccccc2F)cs1)c1cnc(N2CCCCC2)nc1. The molecule has 0 saturated carbocycles. The maximum atomic E-state index is 13.9. The van der Waals surface area contributed by atoms with E-state index in [9.17, 15) is 9.18 Å². The van der Waals surface area contributed by atoms with E-state index >= 15 is 0 Å². The average molecular weight is 420 g/mol. The average Bonchev–Trinajstić information content (AvgIpc) is 3.17. The molecule has 3 heterocycles. The summed E-state index contributed by atoms with van der Waals surface area (Å²) in [4.78, 5) is 27.5. The molecule has 1 aliphatic rings. The van der Waals surface area contributed by atoms with Crippen LogP contribution < -0.4 is 10.2 Å². The van der Waals surface area contributed by atoms with E-state index in [-0.39, 0.29) is 24.1 Å². The van der Waals surface area contributed by atoms with Crippen molar-refractivity contribution >= 4 is 40.7 Å². The van der Waals surface area contributed by atoms with Crippen LogP contribution in [0.1, 0.15) is 29.6 Å². The van der Waals surface area contributed by atoms with Crippen molar-refractivity contribution in [2.45, 2.75) is 19.3 Å². The van der Waals surface area contributed by atoms with Crippen LogP contribution in [0, 0.1) is 5.82 Å². The number of thiazole rings is 1. The molecule has 0 radical (unpaired) electrons. The standard InChI is InChI=1S/C19H18FN5OS.ClH/c20-15-7-3-2-6-14(15)16-12-27-19(23-16)24-17(26)13-10-21-18(22-11-13)25-8-4-1-5-9-25;/h2-3,6-7,10-12H,1,4-5,8-9H2,(H,23,24,26);1H. The molecule has 1 amide bonds. The summed E-state index contributed by atoms with van der Waals surface area (Å²) in [5.74, 6) is -0.0284. The smallest absolute Gasteiger partial charge is 0.260 e. The fourth-order valence-corrected chi connectivity index (χ4v) is 3.69. The minimum Gasteiger partial charge on any atom is -0.341 e. The fourth-order valence-electron chi connectivity index (χ4n) is 2.99. The third-order valence-electron chi connectivity index (χ3n) is 4.41. The largest absolute Gasteiger partial charge is 0.341 e. The quantitative estimate of drug-likeness (QED) is 0.678. The lowest BCUT2D eigenvalue weighted by Gasteiger charge is -2.26. The van der Waals surface area contributed by atoms with Crippen LogP contribution >= 0.6 is 23.7 Å². The van der Waals surface area contributed by atoms with Crippen LogP contribution in [-0.2, 0) is 0 Å². The van der Waals surface area contributed by atoms with Crippen LogP contribution in [0.3, 0.4) is 0 Å². The molecular formula is C19H19ClFN5OS. The van der Waals surface area contributed by atoms with Gasteiger partial charge >= 0.3 is 0 Å². The molecular weight excluding hydrogens is 401 g/mol. The van der Waals surface area contributed by atoms with Gasteiger partial charge in [0.25, 0.3) is 5.91 Å². The number of amides is 1. The third kappa shape index (κ3) is 4.45. The molecule has 1 N–H and O–H groups in total. The maximum absolute atomic E-state index is 13.9. The topological polar surface area (TPSA) is 71.0 Å². The Labute approximate surface area is 172 Å². The first-order valence-corrected chi connectivity index (χ1v) is 9.67. The van der Waals surface area contributed by atoms with E-state index in [1.165, 1.54) is 36.2 Å². The molecule has 1 saturated heterocycles. The van der Waals surface area contributed by atoms with E-state index in [1.807, 2.05) is 0 Å². The summed E-state index contributed by atoms with van der Waals surface area (Å²) in [5, 5.41) is 4.83. The van der Waals surface area contributed by atoms with Crippen molar-refractivity contribution in [2.75, 3.05) is 23.3 Å². The van der Waals surface area contributed by atoms with Gasteiger partial charge in [0.2, 0.25) is 5.95 Å². The van der Waals surface area contributed by atoms with Gasteiger partial charge in [0.1, 0.15) is 5.82 Å². The molecule has 1 aromatic carbocycles. The zero-order valence-corrected chi connectivity index (χ0v) is 16.6. The minimum atomic E-state index is -0.345. The molecule has 0 spiro atoms. The first-order chi connectivity index (χ1) is 13.2. The Balaban J connectivity index is 0.00000225. The number of carbonyl (C=O) groups excluding carboxylic acids is 1. The van der Waals surface area contributed by atoms with Crippen LogP contribution in [0.15, 0.2) is 42.0 Å². The maximum Gasteiger partial charge on any atom is 0.260 e. The van der Waals surface area contributed by atoms with E-state index in [0.717, 1.165) is 25.9 Å². The summed E-state index contributed by atoms with van der Waals surface area (Å²) < 4.78 is 13.9. The van der Waals surface area contributed by atoms with Crippen LogP contribution in [0.5, 0.6) is 0 Å². The van der Waals surface area contributed by atoms with Gasteiger partial charge in [-0.1, -0.05) is 12.1 Å². The van der Waals surface area contributed by atoms with Crippen LogP contribution in [0.25, 0.3) is 11.3 Å². The molecule has 0 bridgehead atoms. The number of carbonyl (C=O) groups is 1. The van der Waals surface area contributed by atoms with Crippen molar-refractivity contribution in [1.82, 2.24) is 15.0 Å². The molecule has 0 unspecified atom stereocenters. The van der Waals surface area contributed by atoms with Gasteiger partial charge < -0.3 is 4.90 Å². The lowest BCUT2D eigenvalue weighted by atomic mass is 10.1. The summed E-state index contributed by atoms with van der Waals surface area (Å²) in [5.41, 5.74) is 1.26. The number of hydrogen-bond donors (Lipinski definition) is 1. The number of hydrogen-bond acceptors (Lipinski definition) is 6. The molecule has 4 rings (SSSR count). The lowest BCUT2D eigenvalue weighted by molar-refractivity contribution is 0.102. The van der Waals surface area contributed by atoms with Crippen molar-refractivity contribution < 1.29 is 9.18 Å². The van der Waals surface area contributed by atoms with E-state index in [4.69, 9.17) is 0 Å². The van der Waals surface area contributed by atoms with Gasteiger partial charge in [0, 0.05) is 36.4 Å². The number of anilines is 2. The number of piperidine rings is 1. The second kappa shape index (κ2) is 9.07. The Morgan fingerprint density at radius 3 is 2.54 bits per heavy atom. The lowest BCUT2D eigenvalue weighted by Crippen LogP contribution is -2.31. The second-order valence-corrected chi connectivity index (χ2v) is 7.15. The predicted octanol–water partition coefficient (Wildman–Crippen LogP) is 4.40. The molecule has 1 fully saturated rings. The number of aromatic nitrogens is 3. The van der Waals surface area contributed by atoms with Gasteiger partial charge in [-0.15, -0.1) is 23.7 Å². The summed E-state index contributed by atoms with van der Waals surface area (Å²) >= 11 is 1.24. The first kappa shape index (κ1) is 20.2. The summed E-state index contributed by atoms with van der Waals surface area (Å²) in [7, 11) is 0. The van der Waals surface area contributed by atoms with E-state index < -0.39 is 0 Å². The van der Waals surface area contributed by atoms with Crippen LogP contribution in [0.4, 0.5) is 15.5 Å². The highest BCUT2D eigenvalue weighted by Crippen LogP contribution is 2.27. The van der Waals surface area contributed by atoms with Gasteiger partial charge in [0.15, 0.2) is 5.13 Å². The minimum absolute atomic E-state index is 0. The third-order valence-corrected chi connectivity index (χ3v) is 5.17. The number of benzene rings is 1. The normalized spacial score (nSPS) is 13.7. The monoisotopic (exact) mass is 419 g/mol. The van der Waals surface area contributed by atoms with Gasteiger partial charge in [-0.2, -0.15) is 0 Å². The Kier molecular flexibility index (Phi) is 6.53. The molecule has 0 atom stereocenters. The summed E-state index contributed by atoms with van der Waals surface area (Å²) in [6, 6.07) is 6.41. The van der Waals surface area contributed by atoms with Crippen LogP contribution in [-0.4, -0.2) is 33.9 Å². The van der Waals surface area contributed by atoms with Crippen molar-refractivity contribution in [3.05, 3.63) is 53.4 Å². The second-order valence-electron chi connectivity index (χ2n) is 6.29. The summed E-state index contributed by atoms with van der Waals surface area (Å²) in [6.45, 7) is 1.90. The predicted molar refractivity (Wildman–Crippen MR) is 111 cm³/mol. The number of nitrogens with zero attached hydrogens (tertiary/aromatic N) is 4. The highest BCUT2D eigenvalue weighted by atomic mass is 35.5. The zero-order valence-electron chi connectivity index (χ0n) is 15.0. The molecule has 28 heavy (non-hydrogen) atoms. The van der Waals surface area contributed by atoms with E-state index in [2.05, 4.69) is 25.2 Å². The fraction of sp³-hybridized carbons (Fsp3) is 0.263. The molecule has 0 aliphatic carbocycles. The van der Waals surface area contributed by atoms with E-state index in [0.29, 0.717) is 27.9 Å². The van der Waals surface area contributed by atoms with Crippen molar-refractivity contribution in [1.29, 1.82) is 0 Å². The highest BCUT2D eigenvalue weighted by Gasteiger charge is 2.16. The molecule has 1 aliphatic heterocycles. The Bertz CT molecular complexity index is 944. The molecule has 146 valence electrons. The zero-order chi connectivity index (χ0) is 18.6. The van der Waals surface area contributed by atoms with Gasteiger partial charge in [0.05, 0.1) is 11.3 Å². The molecule has 2 aromatic heterocycles. The van der Waals surface area contributed by atoms with Crippen LogP contribution in [0.2, 0.25) is 0 Å². The van der Waals surface area contributed by atoms with Crippen molar-refractivity contribution in [3.63, 3.8) is 0 Å². The number of halogens is 2. The molecule has 9 heteroatoms.